The number of aromatic amines is 1. The highest BCUT2D eigenvalue weighted by Gasteiger charge is 2.55. The number of ether oxygens (including phenoxy) is 7. The molecule has 0 spiro atoms. The van der Waals surface area contributed by atoms with E-state index in [2.05, 4.69) is 15.3 Å². The van der Waals surface area contributed by atoms with E-state index in [1.54, 1.807) is 24.4 Å². The highest BCUT2D eigenvalue weighted by atomic mass is 16.7. The number of methoxy groups -OCH3 is 1. The molecule has 1 aromatic carbocycles. The number of hydrogen-bond acceptors (Lipinski definition) is 13. The summed E-state index contributed by atoms with van der Waals surface area (Å²) < 4.78 is 38.3. The van der Waals surface area contributed by atoms with Gasteiger partial charge in [-0.05, 0) is 17.7 Å². The summed E-state index contributed by atoms with van der Waals surface area (Å²) >= 11 is 0. The molecule has 1 aromatic heterocycles. The molecule has 42 heavy (non-hydrogen) atoms. The molecule has 3 heterocycles. The van der Waals surface area contributed by atoms with Gasteiger partial charge in [0.1, 0.15) is 5.75 Å². The van der Waals surface area contributed by atoms with Gasteiger partial charge < -0.3 is 38.1 Å². The predicted octanol–water partition coefficient (Wildman–Crippen LogP) is 0.844. The molecule has 1 amide bonds. The Hall–Kier alpha value is -4.66. The number of fused-ring (bicyclic) bond motifs is 1. The number of amides is 1. The molecule has 2 fully saturated rings. The van der Waals surface area contributed by atoms with Crippen LogP contribution < -0.4 is 10.1 Å². The van der Waals surface area contributed by atoms with Gasteiger partial charge in [0.05, 0.1) is 7.11 Å². The first-order valence-corrected chi connectivity index (χ1v) is 12.9. The molecule has 226 valence electrons. The minimum atomic E-state index is -1.59. The number of aromatic nitrogens is 1. The van der Waals surface area contributed by atoms with Crippen molar-refractivity contribution in [3.8, 4) is 5.75 Å². The number of hydrogen-bond donors (Lipinski definition) is 2. The van der Waals surface area contributed by atoms with Crippen LogP contribution in [-0.4, -0.2) is 91.8 Å². The maximum absolute atomic E-state index is 12.6. The zero-order chi connectivity index (χ0) is 30.7. The van der Waals surface area contributed by atoms with Gasteiger partial charge in [0.15, 0.2) is 24.4 Å². The molecule has 0 bridgehead atoms. The first-order valence-electron chi connectivity index (χ1n) is 12.9. The number of rotatable bonds is 8. The van der Waals surface area contributed by atoms with Gasteiger partial charge in [0.25, 0.3) is 11.9 Å². The molecule has 7 atom stereocenters. The van der Waals surface area contributed by atoms with Crippen LogP contribution in [0.4, 0.5) is 0 Å². The number of aliphatic imine (C=N–C) groups is 1. The molecular weight excluding hydrogens is 558 g/mol. The van der Waals surface area contributed by atoms with E-state index in [9.17, 15) is 24.0 Å². The van der Waals surface area contributed by atoms with Crippen LogP contribution in [0.25, 0.3) is 10.9 Å². The Morgan fingerprint density at radius 3 is 2.21 bits per heavy atom. The average Bonchev–Trinajstić information content (AvgIpc) is 3.53. The summed E-state index contributed by atoms with van der Waals surface area (Å²) in [5, 5.41) is 3.35. The molecule has 0 unspecified atom stereocenters. The summed E-state index contributed by atoms with van der Waals surface area (Å²) in [5.74, 6) is -3.76. The molecule has 2 aliphatic heterocycles. The fraction of sp³-hybridized carbons (Fsp3) is 0.481. The summed E-state index contributed by atoms with van der Waals surface area (Å²) in [7, 11) is 2.61. The molecular formula is C27H31N3O12. The molecule has 2 aliphatic rings. The largest absolute Gasteiger partial charge is 0.467 e. The van der Waals surface area contributed by atoms with E-state index in [-0.39, 0.29) is 23.6 Å². The number of amidine groups is 1. The third-order valence-corrected chi connectivity index (χ3v) is 6.65. The van der Waals surface area contributed by atoms with Gasteiger partial charge in [0, 0.05) is 56.9 Å². The zero-order valence-corrected chi connectivity index (χ0v) is 23.7. The van der Waals surface area contributed by atoms with Crippen LogP contribution in [0.2, 0.25) is 0 Å². The van der Waals surface area contributed by atoms with Crippen LogP contribution in [-0.2, 0) is 52.4 Å². The Morgan fingerprint density at radius 2 is 1.62 bits per heavy atom. The van der Waals surface area contributed by atoms with E-state index < -0.39 is 60.7 Å². The summed E-state index contributed by atoms with van der Waals surface area (Å²) in [4.78, 5) is 67.9. The first kappa shape index (κ1) is 30.3. The van der Waals surface area contributed by atoms with Gasteiger partial charge in [-0.1, -0.05) is 6.92 Å². The maximum atomic E-state index is 12.6. The van der Waals surface area contributed by atoms with Crippen LogP contribution >= 0.6 is 0 Å². The number of benzene rings is 1. The lowest BCUT2D eigenvalue weighted by atomic mass is 9.94. The summed E-state index contributed by atoms with van der Waals surface area (Å²) in [6.45, 7) is 5.15. The molecule has 2 saturated heterocycles. The number of esters is 4. The van der Waals surface area contributed by atoms with Gasteiger partial charge in [-0.2, -0.15) is 0 Å². The van der Waals surface area contributed by atoms with Crippen molar-refractivity contribution < 1.29 is 57.1 Å². The first-order chi connectivity index (χ1) is 19.9. The van der Waals surface area contributed by atoms with Crippen molar-refractivity contribution in [2.45, 2.75) is 70.4 Å². The Balaban J connectivity index is 1.65. The number of H-pyrrole nitrogens is 1. The van der Waals surface area contributed by atoms with E-state index in [0.29, 0.717) is 5.52 Å². The van der Waals surface area contributed by atoms with Gasteiger partial charge in [-0.3, -0.25) is 24.5 Å². The van der Waals surface area contributed by atoms with Crippen LogP contribution in [0, 0.1) is 0 Å². The van der Waals surface area contributed by atoms with Crippen molar-refractivity contribution in [3.63, 3.8) is 0 Å². The standard InChI is InChI=1S/C27H31N3O12/c1-11(19-24(34)30-27(28-5)42-19)17-10-29-18-9-15(7-8-16(17)18)40-26-23(39-14(4)33)21(38-13(3)32)20(37-12(2)31)22(41-26)25(35)36-6/h7-11,19-23,26,29H,1-6H3,(H,28,30,34)/t11-,19+,20+,21+,22+,23-,26+/m1/s1. The third-order valence-electron chi connectivity index (χ3n) is 6.65. The van der Waals surface area contributed by atoms with E-state index >= 15 is 0 Å². The van der Waals surface area contributed by atoms with Gasteiger partial charge in [-0.25, -0.2) is 9.79 Å². The number of nitrogens with zero attached hydrogens (tertiary/aromatic N) is 1. The lowest BCUT2D eigenvalue weighted by Crippen LogP contribution is -2.64. The van der Waals surface area contributed by atoms with Gasteiger partial charge in [0.2, 0.25) is 12.4 Å². The highest BCUT2D eigenvalue weighted by Crippen LogP contribution is 2.35. The molecule has 4 rings (SSSR count). The quantitative estimate of drug-likeness (QED) is 0.326. The maximum Gasteiger partial charge on any atom is 0.339 e. The number of nitrogens with one attached hydrogen (secondary N) is 2. The van der Waals surface area contributed by atoms with E-state index in [4.69, 9.17) is 33.2 Å². The molecule has 0 radical (unpaired) electrons. The second kappa shape index (κ2) is 12.5. The number of carbonyl (C=O) groups excluding carboxylic acids is 5. The second-order valence-corrected chi connectivity index (χ2v) is 9.58. The molecule has 0 aliphatic carbocycles. The Morgan fingerprint density at radius 1 is 0.976 bits per heavy atom. The summed E-state index contributed by atoms with van der Waals surface area (Å²) in [6, 6.07) is 5.11. The fourth-order valence-corrected chi connectivity index (χ4v) is 4.87. The smallest absolute Gasteiger partial charge is 0.339 e. The lowest BCUT2D eigenvalue weighted by Gasteiger charge is -2.43. The zero-order valence-electron chi connectivity index (χ0n) is 23.7. The SMILES string of the molecule is CN=C1NC(=O)[C@H]([C@H](C)c2c[nH]c3cc(O[C@H]4O[C@H](C(=O)OC)[C@@H](OC(C)=O)[C@H](OC(C)=O)[C@H]4OC(C)=O)ccc23)O1. The van der Waals surface area contributed by atoms with Crippen molar-refractivity contribution in [2.24, 2.45) is 4.99 Å². The minimum absolute atomic E-state index is 0.149. The van der Waals surface area contributed by atoms with Crippen LogP contribution in [0.15, 0.2) is 29.4 Å². The Kier molecular flexibility index (Phi) is 8.99. The monoisotopic (exact) mass is 589 g/mol. The van der Waals surface area contributed by atoms with Crippen molar-refractivity contribution in [2.75, 3.05) is 14.2 Å². The molecule has 0 saturated carbocycles. The van der Waals surface area contributed by atoms with Crippen molar-refractivity contribution in [1.82, 2.24) is 10.3 Å². The van der Waals surface area contributed by atoms with Crippen molar-refractivity contribution in [1.29, 1.82) is 0 Å². The van der Waals surface area contributed by atoms with Crippen LogP contribution in [0.1, 0.15) is 39.2 Å². The van der Waals surface area contributed by atoms with Gasteiger partial charge >= 0.3 is 23.9 Å². The van der Waals surface area contributed by atoms with E-state index in [1.165, 1.54) is 7.05 Å². The van der Waals surface area contributed by atoms with E-state index in [1.807, 2.05) is 6.92 Å². The topological polar surface area (TPSA) is 190 Å². The molecule has 15 heteroatoms. The van der Waals surface area contributed by atoms with Gasteiger partial charge in [-0.15, -0.1) is 0 Å². The van der Waals surface area contributed by atoms with Crippen molar-refractivity contribution in [3.05, 3.63) is 30.0 Å². The highest BCUT2D eigenvalue weighted by molar-refractivity contribution is 6.03. The summed E-state index contributed by atoms with van der Waals surface area (Å²) in [6.07, 6.45) is -6.56. The second-order valence-electron chi connectivity index (χ2n) is 9.58. The normalized spacial score (nSPS) is 27.0. The molecule has 15 nitrogen and oxygen atoms in total. The van der Waals surface area contributed by atoms with Crippen LogP contribution in [0.3, 0.4) is 0 Å². The fourth-order valence-electron chi connectivity index (χ4n) is 4.87. The van der Waals surface area contributed by atoms with Crippen molar-refractivity contribution >= 4 is 46.7 Å². The average molecular weight is 590 g/mol. The Labute approximate surface area is 239 Å². The third kappa shape index (κ3) is 6.30. The number of carbonyl (C=O) groups is 5. The molecule has 2 aromatic rings. The minimum Gasteiger partial charge on any atom is -0.467 e. The lowest BCUT2D eigenvalue weighted by molar-refractivity contribution is -0.282. The predicted molar refractivity (Wildman–Crippen MR) is 141 cm³/mol. The Bertz CT molecular complexity index is 1420. The van der Waals surface area contributed by atoms with Crippen LogP contribution in [0.5, 0.6) is 5.75 Å². The van der Waals surface area contributed by atoms with E-state index in [0.717, 1.165) is 38.8 Å². The summed E-state index contributed by atoms with van der Waals surface area (Å²) in [5.41, 5.74) is 1.42. The molecule has 2 N–H and O–H groups in total.